The minimum absolute atomic E-state index is 0.0201. The molecule has 1 aliphatic heterocycles. The summed E-state index contributed by atoms with van der Waals surface area (Å²) in [6.07, 6.45) is 5.42. The lowest BCUT2D eigenvalue weighted by Crippen LogP contribution is -2.53. The molecule has 3 atom stereocenters. The van der Waals surface area contributed by atoms with E-state index >= 15 is 0 Å². The summed E-state index contributed by atoms with van der Waals surface area (Å²) in [6.45, 7) is 5.40. The second-order valence-electron chi connectivity index (χ2n) is 26.3. The van der Waals surface area contributed by atoms with Crippen LogP contribution in [0.15, 0.2) is 157 Å². The molecule has 2 aliphatic carbocycles. The first-order chi connectivity index (χ1) is 48.8. The minimum Gasteiger partial charge on any atom is -0.508 e. The van der Waals surface area contributed by atoms with Crippen molar-refractivity contribution >= 4 is 75.5 Å². The number of likely N-dealkylation sites (tertiary alicyclic amines) is 1. The lowest BCUT2D eigenvalue weighted by molar-refractivity contribution is -0.164. The molecule has 9 rings (SSSR count). The Balaban J connectivity index is 0.824. The molecular formula is C80H85F3N4O14S. The summed E-state index contributed by atoms with van der Waals surface area (Å²) in [4.78, 5) is 109. The van der Waals surface area contributed by atoms with Gasteiger partial charge in [-0.2, -0.15) is 13.2 Å². The van der Waals surface area contributed by atoms with Crippen molar-refractivity contribution in [3.63, 3.8) is 0 Å². The third-order valence-electron chi connectivity index (χ3n) is 18.8. The van der Waals surface area contributed by atoms with E-state index in [2.05, 4.69) is 16.0 Å². The van der Waals surface area contributed by atoms with Crippen LogP contribution >= 0.6 is 12.2 Å². The van der Waals surface area contributed by atoms with Crippen molar-refractivity contribution in [2.45, 2.75) is 148 Å². The number of ketones is 4. The van der Waals surface area contributed by atoms with Crippen molar-refractivity contribution in [2.75, 3.05) is 39.2 Å². The number of phenols is 1. The maximum atomic E-state index is 14.2. The van der Waals surface area contributed by atoms with E-state index in [1.165, 1.54) is 35.3 Å². The van der Waals surface area contributed by atoms with Crippen molar-refractivity contribution in [3.05, 3.63) is 212 Å². The number of aromatic hydroxyl groups is 1. The van der Waals surface area contributed by atoms with Crippen LogP contribution in [0.1, 0.15) is 176 Å². The van der Waals surface area contributed by atoms with Crippen LogP contribution < -0.4 is 30.2 Å². The average molecular weight is 1420 g/mol. The number of hydrogen-bond acceptors (Lipinski definition) is 14. The number of amides is 2. The lowest BCUT2D eigenvalue weighted by atomic mass is 9.76. The van der Waals surface area contributed by atoms with Crippen LogP contribution in [0.2, 0.25) is 0 Å². The maximum absolute atomic E-state index is 14.2. The topological polar surface area (TPSA) is 253 Å². The quantitative estimate of drug-likeness (QED) is 0.00844. The van der Waals surface area contributed by atoms with Crippen molar-refractivity contribution in [3.8, 4) is 23.0 Å². The van der Waals surface area contributed by atoms with Gasteiger partial charge >= 0.3 is 18.1 Å². The first-order valence-electron chi connectivity index (χ1n) is 34.4. The van der Waals surface area contributed by atoms with Crippen LogP contribution in [-0.4, -0.2) is 113 Å². The highest BCUT2D eigenvalue weighted by Gasteiger charge is 2.42. The number of unbranched alkanes of at least 4 members (excludes halogenated alkanes) is 3. The Morgan fingerprint density at radius 1 is 0.755 bits per heavy atom. The van der Waals surface area contributed by atoms with E-state index in [9.17, 15) is 61.7 Å². The number of halogens is 3. The zero-order valence-electron chi connectivity index (χ0n) is 57.8. The van der Waals surface area contributed by atoms with Crippen LogP contribution in [-0.2, 0) is 58.9 Å². The number of carbonyl (C=O) groups is 8. The molecule has 0 spiro atoms. The van der Waals surface area contributed by atoms with Crippen molar-refractivity contribution < 1.29 is 80.7 Å². The molecule has 0 aromatic heterocycles. The van der Waals surface area contributed by atoms with E-state index < -0.39 is 64.9 Å². The molecule has 536 valence electrons. The second kappa shape index (κ2) is 34.9. The minimum atomic E-state index is -4.51. The fourth-order valence-electron chi connectivity index (χ4n) is 12.8. The number of phenolic OH excluding ortho intramolecular Hbond substituents is 1. The number of carboxylic acids is 1. The predicted molar refractivity (Wildman–Crippen MR) is 384 cm³/mol. The second-order valence-corrected chi connectivity index (χ2v) is 26.8. The SMILES string of the molecule is CCC(C)(C)C(=O)C(=O)N1CCCC[C@H]1C(=O)O[C@H](CCc1ccc(OC)c(OC)c1)c1ccc(OCC(=O)NCCCCC(NC(=S)Nc2ccc(C3=C4C=CC(=O)C=C4Cc4cc(O)ccc43)c(C(=O)O)c2)C(=O)CCCCCC(=O)c2ccccc2Cc2cccc(C(F)(F)F)c2)cc1. The van der Waals surface area contributed by atoms with E-state index in [0.29, 0.717) is 156 Å². The number of methoxy groups -OCH3 is 2. The number of alkyl halides is 3. The van der Waals surface area contributed by atoms with Gasteiger partial charge in [0.2, 0.25) is 5.78 Å². The van der Waals surface area contributed by atoms with E-state index in [-0.39, 0.29) is 79.2 Å². The van der Waals surface area contributed by atoms with E-state index in [0.717, 1.165) is 17.7 Å². The Bertz CT molecular complexity index is 4240. The van der Waals surface area contributed by atoms with Gasteiger partial charge in [-0.1, -0.05) is 106 Å². The van der Waals surface area contributed by atoms with Crippen molar-refractivity contribution in [2.24, 2.45) is 5.41 Å². The molecule has 3 aliphatic rings. The third kappa shape index (κ3) is 19.9. The molecule has 0 saturated carbocycles. The summed E-state index contributed by atoms with van der Waals surface area (Å²) in [5, 5.41) is 30.1. The molecule has 6 aromatic carbocycles. The lowest BCUT2D eigenvalue weighted by Gasteiger charge is -2.36. The van der Waals surface area contributed by atoms with Crippen LogP contribution in [0, 0.1) is 5.41 Å². The number of esters is 1. The molecule has 0 bridgehead atoms. The van der Waals surface area contributed by atoms with Crippen molar-refractivity contribution in [1.29, 1.82) is 0 Å². The van der Waals surface area contributed by atoms with Gasteiger partial charge in [0.05, 0.1) is 31.4 Å². The summed E-state index contributed by atoms with van der Waals surface area (Å²) >= 11 is 5.79. The Hall–Kier alpha value is -10.2. The Morgan fingerprint density at radius 3 is 2.25 bits per heavy atom. The summed E-state index contributed by atoms with van der Waals surface area (Å²) in [6, 6.07) is 31.9. The monoisotopic (exact) mass is 1410 g/mol. The third-order valence-corrected chi connectivity index (χ3v) is 19.1. The molecule has 1 heterocycles. The molecule has 1 fully saturated rings. The van der Waals surface area contributed by atoms with Gasteiger partial charge in [-0.25, -0.2) is 9.59 Å². The zero-order chi connectivity index (χ0) is 73.3. The van der Waals surface area contributed by atoms with Crippen molar-refractivity contribution in [1.82, 2.24) is 15.5 Å². The largest absolute Gasteiger partial charge is 0.508 e. The maximum Gasteiger partial charge on any atom is 0.416 e. The van der Waals surface area contributed by atoms with E-state index in [4.69, 9.17) is 31.2 Å². The van der Waals surface area contributed by atoms with Gasteiger partial charge in [-0.05, 0) is 218 Å². The number of aryl methyl sites for hydroxylation is 1. The number of nitrogens with zero attached hydrogens (tertiary/aromatic N) is 1. The number of hydrogen-bond donors (Lipinski definition) is 5. The highest BCUT2D eigenvalue weighted by Crippen LogP contribution is 2.43. The normalized spacial score (nSPS) is 14.8. The van der Waals surface area contributed by atoms with Crippen LogP contribution in [0.3, 0.4) is 0 Å². The smallest absolute Gasteiger partial charge is 0.416 e. The van der Waals surface area contributed by atoms with E-state index in [1.54, 1.807) is 119 Å². The van der Waals surface area contributed by atoms with Crippen LogP contribution in [0.4, 0.5) is 18.9 Å². The number of carboxylic acid groups (broad SMARTS) is 1. The number of Topliss-reactive ketones (excluding diaryl/α,β-unsaturated/α-hetero) is 3. The average Bonchev–Trinajstić information content (AvgIpc) is 0.747. The zero-order valence-corrected chi connectivity index (χ0v) is 58.6. The number of carbonyl (C=O) groups excluding carboxylic acids is 7. The molecule has 1 unspecified atom stereocenters. The Kier molecular flexibility index (Phi) is 26.0. The first-order valence-corrected chi connectivity index (χ1v) is 34.8. The van der Waals surface area contributed by atoms with Gasteiger partial charge in [0.1, 0.15) is 23.6 Å². The summed E-state index contributed by atoms with van der Waals surface area (Å²) in [5.41, 5.74) is 5.17. The van der Waals surface area contributed by atoms with Gasteiger partial charge < -0.3 is 50.0 Å². The molecule has 5 N–H and O–H groups in total. The number of piperidine rings is 1. The van der Waals surface area contributed by atoms with Gasteiger partial charge in [0.15, 0.2) is 40.6 Å². The Morgan fingerprint density at radius 2 is 1.51 bits per heavy atom. The first kappa shape index (κ1) is 76.0. The van der Waals surface area contributed by atoms with Gasteiger partial charge in [0.25, 0.3) is 11.8 Å². The Labute approximate surface area is 596 Å². The molecular weight excluding hydrogens is 1330 g/mol. The summed E-state index contributed by atoms with van der Waals surface area (Å²) < 4.78 is 63.7. The number of allylic oxidation sites excluding steroid dienone is 5. The molecule has 1 saturated heterocycles. The molecule has 2 amide bonds. The number of anilines is 1. The van der Waals surface area contributed by atoms with E-state index in [1.807, 2.05) is 19.1 Å². The fourth-order valence-corrected chi connectivity index (χ4v) is 13.1. The number of fused-ring (bicyclic) bond motifs is 2. The highest BCUT2D eigenvalue weighted by atomic mass is 32.1. The predicted octanol–water partition coefficient (Wildman–Crippen LogP) is 14.2. The van der Waals surface area contributed by atoms with Gasteiger partial charge in [-0.3, -0.25) is 28.8 Å². The number of benzene rings is 6. The summed E-state index contributed by atoms with van der Waals surface area (Å²) in [5.74, 6) is -2.64. The number of ether oxygens (including phenoxy) is 4. The molecule has 0 radical (unpaired) electrons. The number of thiocarbonyl (C=S) groups is 1. The number of aromatic carboxylic acids is 1. The number of nitrogens with one attached hydrogen (secondary N) is 3. The number of rotatable bonds is 33. The highest BCUT2D eigenvalue weighted by molar-refractivity contribution is 7.80. The standard InChI is InChI=1S/C80H85F3N4O14S/c1-6-79(2,3)74(93)75(94)87-40-15-13-22-66(87)77(97)101-69(37-25-49-26-38-70(98-4)71(43-49)99-5)51-27-32-59(33-28-51)100-48-72(92)84-39-14-12-21-65(68(91)24-9-7-8-23-67(90)60-20-11-10-18-52(60)41-50-17-16-19-55(42-50)80(81,82)83)86-78(102)85-56-29-34-63(64(47-56)76(95)96)73-61-35-30-57(88)45-53(61)44-54-46-58(89)31-36-62(54)73/h10-11,16-20,26-36,38,42-43,45-47,65-66,69,88H,6-9,12-15,21-25,37,39-41,44,48H2,1-5H3,(H,84,92)(H,95,96)(H2,85,86,102)/t65?,66-,69+/m0/s1. The summed E-state index contributed by atoms with van der Waals surface area (Å²) in [7, 11) is 3.09. The van der Waals surface area contributed by atoms with Gasteiger partial charge in [0, 0.05) is 42.6 Å². The van der Waals surface area contributed by atoms with Crippen LogP contribution in [0.25, 0.3) is 5.57 Å². The molecule has 18 nitrogen and oxygen atoms in total. The van der Waals surface area contributed by atoms with Crippen LogP contribution in [0.5, 0.6) is 23.0 Å². The molecule has 6 aromatic rings. The van der Waals surface area contributed by atoms with Gasteiger partial charge in [-0.15, -0.1) is 0 Å². The molecule has 102 heavy (non-hydrogen) atoms. The fraction of sp³-hybridized carbons (Fsp3) is 0.362. The molecule has 22 heteroatoms.